The van der Waals surface area contributed by atoms with E-state index in [1.807, 2.05) is 6.07 Å². The van der Waals surface area contributed by atoms with Crippen LogP contribution in [-0.2, 0) is 27.8 Å². The third-order valence-electron chi connectivity index (χ3n) is 4.04. The average Bonchev–Trinajstić information content (AvgIpc) is 3.12. The van der Waals surface area contributed by atoms with Crippen molar-refractivity contribution in [3.05, 3.63) is 45.1 Å². The molecule has 1 aromatic carbocycles. The number of anilines is 1. The Morgan fingerprint density at radius 2 is 2.08 bits per heavy atom. The molecule has 8 heteroatoms. The van der Waals surface area contributed by atoms with Gasteiger partial charge in [-0.25, -0.2) is 8.42 Å². The van der Waals surface area contributed by atoms with Gasteiger partial charge >= 0.3 is 0 Å². The fourth-order valence-electron chi connectivity index (χ4n) is 2.79. The highest BCUT2D eigenvalue weighted by molar-refractivity contribution is 7.89. The maximum Gasteiger partial charge on any atom is 0.243 e. The lowest BCUT2D eigenvalue weighted by atomic mass is 10.2. The Labute approximate surface area is 150 Å². The van der Waals surface area contributed by atoms with Crippen LogP contribution in [0, 0.1) is 0 Å². The summed E-state index contributed by atoms with van der Waals surface area (Å²) in [6, 6.07) is 8.53. The van der Waals surface area contributed by atoms with Crippen LogP contribution in [0.25, 0.3) is 0 Å². The largest absolute Gasteiger partial charge is 0.312 e. The lowest BCUT2D eigenvalue weighted by Crippen LogP contribution is -2.26. The number of hydrogen-bond donors (Lipinski definition) is 0. The van der Waals surface area contributed by atoms with E-state index in [-0.39, 0.29) is 17.3 Å². The minimum Gasteiger partial charge on any atom is -0.312 e. The van der Waals surface area contributed by atoms with E-state index in [0.717, 1.165) is 16.1 Å². The van der Waals surface area contributed by atoms with E-state index < -0.39 is 10.0 Å². The van der Waals surface area contributed by atoms with Crippen molar-refractivity contribution in [1.82, 2.24) is 4.31 Å². The van der Waals surface area contributed by atoms with E-state index in [9.17, 15) is 13.2 Å². The Hall–Kier alpha value is -1.41. The summed E-state index contributed by atoms with van der Waals surface area (Å²) in [5, 5.41) is 0. The van der Waals surface area contributed by atoms with Crippen molar-refractivity contribution in [3.63, 3.8) is 0 Å². The third kappa shape index (κ3) is 3.21. The summed E-state index contributed by atoms with van der Waals surface area (Å²) in [6.07, 6.45) is 0.669. The molecule has 3 rings (SSSR count). The Bertz CT molecular complexity index is 892. The highest BCUT2D eigenvalue weighted by Crippen LogP contribution is 2.31. The Balaban J connectivity index is 1.86. The van der Waals surface area contributed by atoms with Gasteiger partial charge in [0.15, 0.2) is 0 Å². The minimum absolute atomic E-state index is 0.0314. The molecule has 0 unspecified atom stereocenters. The number of amides is 1. The Morgan fingerprint density at radius 3 is 2.71 bits per heavy atom. The smallest absolute Gasteiger partial charge is 0.243 e. The molecule has 1 aromatic heterocycles. The van der Waals surface area contributed by atoms with Gasteiger partial charge in [-0.05, 0) is 42.3 Å². The monoisotopic (exact) mass is 384 g/mol. The summed E-state index contributed by atoms with van der Waals surface area (Å²) in [6.45, 7) is 2.38. The van der Waals surface area contributed by atoms with Crippen LogP contribution in [0.2, 0.25) is 4.34 Å². The van der Waals surface area contributed by atoms with Crippen LogP contribution in [0.3, 0.4) is 0 Å². The average molecular weight is 385 g/mol. The van der Waals surface area contributed by atoms with Crippen LogP contribution in [0.4, 0.5) is 5.69 Å². The van der Waals surface area contributed by atoms with E-state index in [4.69, 9.17) is 11.6 Å². The van der Waals surface area contributed by atoms with E-state index in [1.165, 1.54) is 22.6 Å². The number of sulfonamides is 1. The lowest BCUT2D eigenvalue weighted by Gasteiger charge is -2.18. The van der Waals surface area contributed by atoms with Gasteiger partial charge in [0, 0.05) is 37.6 Å². The number of carbonyl (C=O) groups excluding carboxylic acids is 1. The number of fused-ring (bicyclic) bond motifs is 1. The first-order valence-electron chi connectivity index (χ1n) is 7.40. The molecule has 1 aliphatic rings. The molecule has 1 amide bonds. The van der Waals surface area contributed by atoms with Crippen molar-refractivity contribution in [2.24, 2.45) is 0 Å². The van der Waals surface area contributed by atoms with Gasteiger partial charge in [-0.3, -0.25) is 4.79 Å². The van der Waals surface area contributed by atoms with Crippen molar-refractivity contribution < 1.29 is 13.2 Å². The highest BCUT2D eigenvalue weighted by atomic mass is 35.5. The number of hydrogen-bond acceptors (Lipinski definition) is 4. The van der Waals surface area contributed by atoms with Gasteiger partial charge in [0.05, 0.1) is 9.23 Å². The first-order valence-corrected chi connectivity index (χ1v) is 10.0. The van der Waals surface area contributed by atoms with Crippen LogP contribution in [0.5, 0.6) is 0 Å². The fraction of sp³-hybridized carbons (Fsp3) is 0.312. The number of carbonyl (C=O) groups is 1. The van der Waals surface area contributed by atoms with Crippen molar-refractivity contribution in [2.45, 2.75) is 24.8 Å². The highest BCUT2D eigenvalue weighted by Gasteiger charge is 2.27. The van der Waals surface area contributed by atoms with Gasteiger partial charge in [0.2, 0.25) is 15.9 Å². The van der Waals surface area contributed by atoms with Gasteiger partial charge in [0.25, 0.3) is 0 Å². The number of thiophene rings is 1. The maximum atomic E-state index is 12.8. The third-order valence-corrected chi connectivity index (χ3v) is 7.06. The minimum atomic E-state index is -3.59. The zero-order valence-corrected chi connectivity index (χ0v) is 15.7. The molecule has 0 spiro atoms. The van der Waals surface area contributed by atoms with E-state index in [1.54, 1.807) is 36.2 Å². The molecule has 0 atom stereocenters. The second-order valence-corrected chi connectivity index (χ2v) is 9.52. The molecule has 0 fully saturated rings. The molecule has 2 heterocycles. The van der Waals surface area contributed by atoms with Gasteiger partial charge in [0.1, 0.15) is 0 Å². The van der Waals surface area contributed by atoms with Crippen LogP contribution in [0.1, 0.15) is 17.4 Å². The van der Waals surface area contributed by atoms with Crippen molar-refractivity contribution in [1.29, 1.82) is 0 Å². The normalized spacial score (nSPS) is 14.2. The lowest BCUT2D eigenvalue weighted by molar-refractivity contribution is -0.116. The van der Waals surface area contributed by atoms with Gasteiger partial charge in [-0.15, -0.1) is 11.3 Å². The maximum absolute atomic E-state index is 12.8. The summed E-state index contributed by atoms with van der Waals surface area (Å²) in [5.74, 6) is -0.0314. The number of benzene rings is 1. The molecule has 5 nitrogen and oxygen atoms in total. The van der Waals surface area contributed by atoms with E-state index >= 15 is 0 Å². The second kappa shape index (κ2) is 6.48. The van der Waals surface area contributed by atoms with Crippen molar-refractivity contribution in [2.75, 3.05) is 18.5 Å². The SMILES string of the molecule is CC(=O)N1CCc2cc(S(=O)(=O)N(C)Cc3ccc(Cl)s3)ccc21. The number of halogens is 1. The van der Waals surface area contributed by atoms with Gasteiger partial charge in [-0.2, -0.15) is 4.31 Å². The summed E-state index contributed by atoms with van der Waals surface area (Å²) >= 11 is 7.26. The molecular formula is C16H17ClN2O3S2. The first-order chi connectivity index (χ1) is 11.3. The van der Waals surface area contributed by atoms with Crippen molar-refractivity contribution >= 4 is 44.6 Å². The van der Waals surface area contributed by atoms with E-state index in [0.29, 0.717) is 17.3 Å². The van der Waals surface area contributed by atoms with Crippen LogP contribution in [0.15, 0.2) is 35.2 Å². The van der Waals surface area contributed by atoms with Crippen LogP contribution < -0.4 is 4.90 Å². The first kappa shape index (κ1) is 17.4. The summed E-state index contributed by atoms with van der Waals surface area (Å²) in [4.78, 5) is 14.4. The second-order valence-electron chi connectivity index (χ2n) is 5.68. The van der Waals surface area contributed by atoms with Gasteiger partial charge in [-0.1, -0.05) is 11.6 Å². The molecule has 0 saturated carbocycles. The van der Waals surface area contributed by atoms with Gasteiger partial charge < -0.3 is 4.90 Å². The molecule has 24 heavy (non-hydrogen) atoms. The molecule has 1 aliphatic heterocycles. The fourth-order valence-corrected chi connectivity index (χ4v) is 5.21. The molecular weight excluding hydrogens is 368 g/mol. The summed E-state index contributed by atoms with van der Waals surface area (Å²) < 4.78 is 27.5. The molecule has 0 bridgehead atoms. The number of nitrogens with zero attached hydrogens (tertiary/aromatic N) is 2. The quantitative estimate of drug-likeness (QED) is 0.813. The van der Waals surface area contributed by atoms with E-state index in [2.05, 4.69) is 0 Å². The predicted molar refractivity (Wildman–Crippen MR) is 96.2 cm³/mol. The zero-order valence-electron chi connectivity index (χ0n) is 13.3. The molecule has 0 saturated heterocycles. The Kier molecular flexibility index (Phi) is 4.70. The molecule has 0 N–H and O–H groups in total. The summed E-state index contributed by atoms with van der Waals surface area (Å²) in [7, 11) is -2.04. The summed E-state index contributed by atoms with van der Waals surface area (Å²) in [5.41, 5.74) is 1.69. The molecule has 128 valence electrons. The van der Waals surface area contributed by atoms with Crippen LogP contribution in [-0.4, -0.2) is 32.2 Å². The molecule has 0 aliphatic carbocycles. The zero-order chi connectivity index (χ0) is 17.5. The van der Waals surface area contributed by atoms with Crippen molar-refractivity contribution in [3.8, 4) is 0 Å². The van der Waals surface area contributed by atoms with Crippen LogP contribution >= 0.6 is 22.9 Å². The number of rotatable bonds is 4. The standard InChI is InChI=1S/C16H17ClN2O3S2/c1-11(20)19-8-7-12-9-14(4-5-15(12)19)24(21,22)18(2)10-13-3-6-16(17)23-13/h3-6,9H,7-8,10H2,1-2H3. The topological polar surface area (TPSA) is 57.7 Å². The molecule has 2 aromatic rings. The Morgan fingerprint density at radius 1 is 1.33 bits per heavy atom. The predicted octanol–water partition coefficient (Wildman–Crippen LogP) is 3.13. The molecule has 0 radical (unpaired) electrons.